The summed E-state index contributed by atoms with van der Waals surface area (Å²) >= 11 is 0. The van der Waals surface area contributed by atoms with Gasteiger partial charge in [0.15, 0.2) is 11.6 Å². The standard InChI is InChI=1S/C29H29FN2O4/c1-2-16-29(28(34)31-20-21-8-6-11-24(30)19-21)26(22-9-4-3-5-10-22)36-27(32-29)23-12-14-25(15-13-23)35-18-7-17-33/h2-6,8-15,19,26,33H,1,7,16-18,20H2,(H,31,34)/t26-,29-/m1/s1. The topological polar surface area (TPSA) is 80.2 Å². The minimum absolute atomic E-state index is 0.0657. The van der Waals surface area contributed by atoms with Crippen molar-refractivity contribution in [2.24, 2.45) is 4.99 Å². The molecule has 0 bridgehead atoms. The zero-order valence-corrected chi connectivity index (χ0v) is 19.9. The number of halogens is 1. The van der Waals surface area contributed by atoms with E-state index in [4.69, 9.17) is 19.6 Å². The number of benzene rings is 3. The quantitative estimate of drug-likeness (QED) is 0.302. The molecule has 36 heavy (non-hydrogen) atoms. The number of aliphatic hydroxyl groups is 1. The van der Waals surface area contributed by atoms with Gasteiger partial charge in [0.05, 0.1) is 6.61 Å². The number of ether oxygens (including phenoxy) is 2. The first-order chi connectivity index (χ1) is 17.6. The van der Waals surface area contributed by atoms with E-state index in [1.807, 2.05) is 42.5 Å². The van der Waals surface area contributed by atoms with Gasteiger partial charge in [0.1, 0.15) is 11.6 Å². The van der Waals surface area contributed by atoms with Crippen LogP contribution in [0.3, 0.4) is 0 Å². The van der Waals surface area contributed by atoms with Crippen molar-refractivity contribution in [3.63, 3.8) is 0 Å². The monoisotopic (exact) mass is 488 g/mol. The van der Waals surface area contributed by atoms with Gasteiger partial charge in [-0.1, -0.05) is 48.5 Å². The van der Waals surface area contributed by atoms with Crippen LogP contribution >= 0.6 is 0 Å². The first-order valence-electron chi connectivity index (χ1n) is 11.8. The maximum Gasteiger partial charge on any atom is 0.252 e. The number of carbonyl (C=O) groups is 1. The van der Waals surface area contributed by atoms with Gasteiger partial charge in [0.25, 0.3) is 5.91 Å². The molecule has 1 amide bonds. The number of hydrogen-bond acceptors (Lipinski definition) is 5. The van der Waals surface area contributed by atoms with Crippen LogP contribution in [-0.2, 0) is 16.1 Å². The lowest BCUT2D eigenvalue weighted by Crippen LogP contribution is -2.47. The number of aliphatic imine (C=N–C) groups is 1. The van der Waals surface area contributed by atoms with E-state index in [2.05, 4.69) is 11.9 Å². The fourth-order valence-electron chi connectivity index (χ4n) is 4.15. The Morgan fingerprint density at radius 2 is 1.92 bits per heavy atom. The van der Waals surface area contributed by atoms with Crippen LogP contribution in [0, 0.1) is 5.82 Å². The second kappa shape index (κ2) is 11.6. The Kier molecular flexibility index (Phi) is 8.13. The number of carbonyl (C=O) groups excluding carboxylic acids is 1. The van der Waals surface area contributed by atoms with Crippen molar-refractivity contribution in [2.45, 2.75) is 31.0 Å². The summed E-state index contributed by atoms with van der Waals surface area (Å²) in [5.74, 6) is 0.307. The smallest absolute Gasteiger partial charge is 0.252 e. The summed E-state index contributed by atoms with van der Waals surface area (Å²) in [5, 5.41) is 11.9. The van der Waals surface area contributed by atoms with Crippen LogP contribution < -0.4 is 10.1 Å². The van der Waals surface area contributed by atoms with Crippen LogP contribution in [0.2, 0.25) is 0 Å². The molecule has 0 radical (unpaired) electrons. The van der Waals surface area contributed by atoms with Crippen molar-refractivity contribution in [3.8, 4) is 5.75 Å². The number of nitrogens with one attached hydrogen (secondary N) is 1. The van der Waals surface area contributed by atoms with E-state index in [9.17, 15) is 9.18 Å². The fraction of sp³-hybridized carbons (Fsp3) is 0.241. The van der Waals surface area contributed by atoms with Crippen molar-refractivity contribution >= 4 is 11.8 Å². The maximum absolute atomic E-state index is 13.7. The molecule has 2 N–H and O–H groups in total. The third kappa shape index (κ3) is 5.63. The van der Waals surface area contributed by atoms with Crippen LogP contribution in [0.1, 0.15) is 35.6 Å². The molecule has 7 heteroatoms. The zero-order chi connectivity index (χ0) is 25.4. The van der Waals surface area contributed by atoms with Crippen LogP contribution in [0.15, 0.2) is 96.5 Å². The van der Waals surface area contributed by atoms with Crippen LogP contribution in [0.5, 0.6) is 5.75 Å². The van der Waals surface area contributed by atoms with Crippen LogP contribution in [0.4, 0.5) is 4.39 Å². The minimum atomic E-state index is -1.29. The number of aliphatic hydroxyl groups excluding tert-OH is 1. The highest BCUT2D eigenvalue weighted by atomic mass is 19.1. The number of nitrogens with zero attached hydrogens (tertiary/aromatic N) is 1. The maximum atomic E-state index is 13.7. The van der Waals surface area contributed by atoms with E-state index in [0.717, 1.165) is 5.56 Å². The van der Waals surface area contributed by atoms with Gasteiger partial charge in [-0.05, 0) is 47.5 Å². The average Bonchev–Trinajstić information content (AvgIpc) is 3.29. The molecule has 2 atom stereocenters. The van der Waals surface area contributed by atoms with E-state index in [1.54, 1.807) is 30.3 Å². The molecule has 0 aromatic heterocycles. The van der Waals surface area contributed by atoms with E-state index >= 15 is 0 Å². The molecule has 4 rings (SSSR count). The van der Waals surface area contributed by atoms with Gasteiger partial charge in [-0.3, -0.25) is 4.79 Å². The number of rotatable bonds is 11. The summed E-state index contributed by atoms with van der Waals surface area (Å²) in [6, 6.07) is 22.8. The lowest BCUT2D eigenvalue weighted by molar-refractivity contribution is -0.129. The summed E-state index contributed by atoms with van der Waals surface area (Å²) in [4.78, 5) is 18.5. The second-order valence-electron chi connectivity index (χ2n) is 8.51. The Bertz CT molecular complexity index is 1210. The number of hydrogen-bond donors (Lipinski definition) is 2. The molecule has 3 aromatic rings. The van der Waals surface area contributed by atoms with Gasteiger partial charge in [-0.2, -0.15) is 0 Å². The molecular formula is C29H29FN2O4. The van der Waals surface area contributed by atoms with E-state index < -0.39 is 11.6 Å². The predicted octanol–water partition coefficient (Wildman–Crippen LogP) is 4.74. The molecule has 0 saturated heterocycles. The molecule has 3 aromatic carbocycles. The first-order valence-corrected chi connectivity index (χ1v) is 11.8. The largest absolute Gasteiger partial charge is 0.494 e. The summed E-state index contributed by atoms with van der Waals surface area (Å²) in [6.45, 7) is 4.50. The van der Waals surface area contributed by atoms with Gasteiger partial charge in [0.2, 0.25) is 5.90 Å². The first kappa shape index (κ1) is 25.1. The molecule has 0 spiro atoms. The predicted molar refractivity (Wildman–Crippen MR) is 136 cm³/mol. The molecule has 0 unspecified atom stereocenters. The molecule has 6 nitrogen and oxygen atoms in total. The van der Waals surface area contributed by atoms with Gasteiger partial charge >= 0.3 is 0 Å². The van der Waals surface area contributed by atoms with Gasteiger partial charge < -0.3 is 19.9 Å². The molecule has 1 aliphatic heterocycles. The van der Waals surface area contributed by atoms with Gasteiger partial charge in [-0.15, -0.1) is 6.58 Å². The fourth-order valence-corrected chi connectivity index (χ4v) is 4.15. The minimum Gasteiger partial charge on any atom is -0.494 e. The molecule has 186 valence electrons. The normalized spacial score (nSPS) is 18.7. The summed E-state index contributed by atoms with van der Waals surface area (Å²) in [5.41, 5.74) is 0.868. The molecule has 1 heterocycles. The Hall–Kier alpha value is -3.97. The van der Waals surface area contributed by atoms with Crippen molar-refractivity contribution in [1.29, 1.82) is 0 Å². The Labute approximate surface area is 210 Å². The molecule has 0 aliphatic carbocycles. The van der Waals surface area contributed by atoms with E-state index in [-0.39, 0.29) is 31.3 Å². The van der Waals surface area contributed by atoms with E-state index in [0.29, 0.717) is 35.8 Å². The molecule has 0 fully saturated rings. The summed E-state index contributed by atoms with van der Waals surface area (Å²) in [7, 11) is 0. The molecule has 1 aliphatic rings. The Morgan fingerprint density at radius 3 is 2.61 bits per heavy atom. The van der Waals surface area contributed by atoms with Crippen molar-refractivity contribution in [2.75, 3.05) is 13.2 Å². The molecule has 0 saturated carbocycles. The SMILES string of the molecule is C=CC[C@@]1(C(=O)NCc2cccc(F)c2)N=C(c2ccc(OCCCO)cc2)O[C@@H]1c1ccccc1. The third-order valence-electron chi connectivity index (χ3n) is 5.93. The van der Waals surface area contributed by atoms with Crippen molar-refractivity contribution < 1.29 is 23.8 Å². The Morgan fingerprint density at radius 1 is 1.14 bits per heavy atom. The average molecular weight is 489 g/mol. The lowest BCUT2D eigenvalue weighted by atomic mass is 9.84. The van der Waals surface area contributed by atoms with E-state index in [1.165, 1.54) is 12.1 Å². The van der Waals surface area contributed by atoms with Crippen LogP contribution in [0.25, 0.3) is 0 Å². The third-order valence-corrected chi connectivity index (χ3v) is 5.93. The summed E-state index contributed by atoms with van der Waals surface area (Å²) < 4.78 is 25.6. The highest BCUT2D eigenvalue weighted by molar-refractivity contribution is 6.01. The van der Waals surface area contributed by atoms with Crippen molar-refractivity contribution in [1.82, 2.24) is 5.32 Å². The summed E-state index contributed by atoms with van der Waals surface area (Å²) in [6.07, 6.45) is 1.77. The lowest BCUT2D eigenvalue weighted by Gasteiger charge is -2.29. The van der Waals surface area contributed by atoms with Crippen LogP contribution in [-0.4, -0.2) is 35.7 Å². The van der Waals surface area contributed by atoms with Gasteiger partial charge in [0, 0.05) is 31.6 Å². The highest BCUT2D eigenvalue weighted by Crippen LogP contribution is 2.42. The Balaban J connectivity index is 1.64. The number of amides is 1. The molecular weight excluding hydrogens is 459 g/mol. The van der Waals surface area contributed by atoms with Gasteiger partial charge in [-0.25, -0.2) is 9.38 Å². The second-order valence-corrected chi connectivity index (χ2v) is 8.51. The van der Waals surface area contributed by atoms with Crippen molar-refractivity contribution in [3.05, 3.63) is 114 Å². The highest BCUT2D eigenvalue weighted by Gasteiger charge is 2.52. The zero-order valence-electron chi connectivity index (χ0n) is 19.9.